The Morgan fingerprint density at radius 3 is 2.60 bits per heavy atom. The number of para-hydroxylation sites is 1. The zero-order chi connectivity index (χ0) is 11.4. The number of hydrogen-bond acceptors (Lipinski definition) is 5. The Morgan fingerprint density at radius 2 is 2.07 bits per heavy atom. The first-order valence-electron chi connectivity index (χ1n) is 4.31. The Kier molecular flexibility index (Phi) is 3.48. The zero-order valence-electron chi connectivity index (χ0n) is 7.92. The molecule has 0 aliphatic rings. The quantitative estimate of drug-likeness (QED) is 0.413. The van der Waals surface area contributed by atoms with E-state index in [1.807, 2.05) is 0 Å². The van der Waals surface area contributed by atoms with Crippen molar-refractivity contribution in [2.45, 2.75) is 6.04 Å². The van der Waals surface area contributed by atoms with E-state index in [-0.39, 0.29) is 17.8 Å². The molecule has 80 valence electrons. The molecule has 6 nitrogen and oxygen atoms in total. The molecule has 1 aromatic carbocycles. The van der Waals surface area contributed by atoms with E-state index in [1.165, 1.54) is 18.2 Å². The van der Waals surface area contributed by atoms with E-state index >= 15 is 0 Å². The summed E-state index contributed by atoms with van der Waals surface area (Å²) >= 11 is 0. The van der Waals surface area contributed by atoms with Crippen LogP contribution in [-0.4, -0.2) is 23.3 Å². The van der Waals surface area contributed by atoms with E-state index in [9.17, 15) is 14.9 Å². The number of carbonyl (C=O) groups excluding carboxylic acids is 1. The van der Waals surface area contributed by atoms with Gasteiger partial charge in [-0.05, 0) is 6.07 Å². The largest absolute Gasteiger partial charge is 0.328 e. The first-order chi connectivity index (χ1) is 7.07. The van der Waals surface area contributed by atoms with E-state index in [1.54, 1.807) is 6.07 Å². The summed E-state index contributed by atoms with van der Waals surface area (Å²) in [6.07, 6.45) is 0. The predicted molar refractivity (Wildman–Crippen MR) is 54.5 cm³/mol. The van der Waals surface area contributed by atoms with Crippen molar-refractivity contribution in [3.63, 3.8) is 0 Å². The normalized spacial score (nSPS) is 12.1. The third kappa shape index (κ3) is 2.36. The number of Topliss-reactive ketones (excluding diaryl/α,β-unsaturated/α-hetero) is 1. The highest BCUT2D eigenvalue weighted by molar-refractivity contribution is 6.03. The molecule has 1 atom stereocenters. The van der Waals surface area contributed by atoms with E-state index < -0.39 is 16.7 Å². The summed E-state index contributed by atoms with van der Waals surface area (Å²) in [6, 6.07) is 4.77. The molecule has 0 aliphatic heterocycles. The van der Waals surface area contributed by atoms with Crippen molar-refractivity contribution in [3.05, 3.63) is 39.9 Å². The first-order valence-corrected chi connectivity index (χ1v) is 4.31. The summed E-state index contributed by atoms with van der Waals surface area (Å²) in [6.45, 7) is -0.0368. The fourth-order valence-electron chi connectivity index (χ4n) is 1.15. The van der Waals surface area contributed by atoms with Crippen molar-refractivity contribution >= 4 is 11.5 Å². The van der Waals surface area contributed by atoms with Gasteiger partial charge in [0.25, 0.3) is 5.69 Å². The SMILES string of the molecule is NCC(N)C(=O)c1ccccc1[N+](=O)[O-]. The van der Waals surface area contributed by atoms with Gasteiger partial charge in [0, 0.05) is 12.6 Å². The van der Waals surface area contributed by atoms with E-state index in [4.69, 9.17) is 11.5 Å². The average Bonchev–Trinajstić information content (AvgIpc) is 2.27. The van der Waals surface area contributed by atoms with E-state index in [0.717, 1.165) is 0 Å². The monoisotopic (exact) mass is 209 g/mol. The van der Waals surface area contributed by atoms with Gasteiger partial charge in [-0.15, -0.1) is 0 Å². The number of rotatable bonds is 4. The minimum atomic E-state index is -0.897. The van der Waals surface area contributed by atoms with Crippen LogP contribution in [0.15, 0.2) is 24.3 Å². The van der Waals surface area contributed by atoms with Crippen LogP contribution in [0.1, 0.15) is 10.4 Å². The molecule has 0 bridgehead atoms. The Bertz CT molecular complexity index is 392. The van der Waals surface area contributed by atoms with Gasteiger partial charge in [-0.2, -0.15) is 0 Å². The Morgan fingerprint density at radius 1 is 1.47 bits per heavy atom. The van der Waals surface area contributed by atoms with E-state index in [0.29, 0.717) is 0 Å². The van der Waals surface area contributed by atoms with Crippen molar-refractivity contribution < 1.29 is 9.72 Å². The van der Waals surface area contributed by atoms with E-state index in [2.05, 4.69) is 0 Å². The molecule has 0 saturated heterocycles. The van der Waals surface area contributed by atoms with Crippen molar-refractivity contribution in [1.29, 1.82) is 0 Å². The minimum Gasteiger partial charge on any atom is -0.328 e. The predicted octanol–water partition coefficient (Wildman–Crippen LogP) is 0.0635. The number of benzene rings is 1. The van der Waals surface area contributed by atoms with Crippen LogP contribution in [0.25, 0.3) is 0 Å². The summed E-state index contributed by atoms with van der Waals surface area (Å²) in [5, 5.41) is 10.6. The van der Waals surface area contributed by atoms with Crippen LogP contribution in [0.2, 0.25) is 0 Å². The lowest BCUT2D eigenvalue weighted by Gasteiger charge is -2.07. The number of carbonyl (C=O) groups is 1. The van der Waals surface area contributed by atoms with Gasteiger partial charge in [-0.1, -0.05) is 12.1 Å². The van der Waals surface area contributed by atoms with Crippen LogP contribution in [-0.2, 0) is 0 Å². The van der Waals surface area contributed by atoms with Crippen LogP contribution in [0.3, 0.4) is 0 Å². The van der Waals surface area contributed by atoms with Gasteiger partial charge < -0.3 is 11.5 Å². The molecule has 1 rings (SSSR count). The van der Waals surface area contributed by atoms with Gasteiger partial charge in [0.15, 0.2) is 5.78 Å². The standard InChI is InChI=1S/C9H11N3O3/c10-5-7(11)9(13)6-3-1-2-4-8(6)12(14)15/h1-4,7H,5,10-11H2. The lowest BCUT2D eigenvalue weighted by atomic mass is 10.0. The van der Waals surface area contributed by atoms with Gasteiger partial charge in [-0.25, -0.2) is 0 Å². The zero-order valence-corrected chi connectivity index (χ0v) is 7.92. The maximum absolute atomic E-state index is 11.6. The lowest BCUT2D eigenvalue weighted by molar-refractivity contribution is -0.385. The van der Waals surface area contributed by atoms with Crippen LogP contribution in [0, 0.1) is 10.1 Å². The summed E-state index contributed by atoms with van der Waals surface area (Å²) < 4.78 is 0. The molecule has 15 heavy (non-hydrogen) atoms. The Labute approximate surface area is 86.0 Å². The molecule has 1 aromatic rings. The number of nitrogens with zero attached hydrogens (tertiary/aromatic N) is 1. The molecule has 0 radical (unpaired) electrons. The Hall–Kier alpha value is -1.79. The highest BCUT2D eigenvalue weighted by Crippen LogP contribution is 2.18. The summed E-state index contributed by atoms with van der Waals surface area (Å²) in [4.78, 5) is 21.6. The third-order valence-electron chi connectivity index (χ3n) is 1.96. The summed E-state index contributed by atoms with van der Waals surface area (Å²) in [5.74, 6) is -0.509. The second-order valence-corrected chi connectivity index (χ2v) is 2.98. The molecule has 0 aromatic heterocycles. The number of nitro benzene ring substituents is 1. The van der Waals surface area contributed by atoms with Crippen molar-refractivity contribution in [1.82, 2.24) is 0 Å². The van der Waals surface area contributed by atoms with Gasteiger partial charge in [0.05, 0.1) is 16.5 Å². The second-order valence-electron chi connectivity index (χ2n) is 2.98. The van der Waals surface area contributed by atoms with Gasteiger partial charge in [-0.3, -0.25) is 14.9 Å². The van der Waals surface area contributed by atoms with Crippen molar-refractivity contribution in [2.75, 3.05) is 6.54 Å². The van der Waals surface area contributed by atoms with Crippen LogP contribution in [0.4, 0.5) is 5.69 Å². The van der Waals surface area contributed by atoms with Crippen LogP contribution in [0.5, 0.6) is 0 Å². The minimum absolute atomic E-state index is 0.000417. The number of nitrogens with two attached hydrogens (primary N) is 2. The van der Waals surface area contributed by atoms with Crippen LogP contribution < -0.4 is 11.5 Å². The van der Waals surface area contributed by atoms with Gasteiger partial charge in [0.2, 0.25) is 0 Å². The molecule has 1 unspecified atom stereocenters. The van der Waals surface area contributed by atoms with Gasteiger partial charge >= 0.3 is 0 Å². The molecule has 0 aliphatic carbocycles. The number of nitro groups is 1. The lowest BCUT2D eigenvalue weighted by Crippen LogP contribution is -2.38. The van der Waals surface area contributed by atoms with Crippen molar-refractivity contribution in [3.8, 4) is 0 Å². The second kappa shape index (κ2) is 4.63. The molecule has 0 saturated carbocycles. The fourth-order valence-corrected chi connectivity index (χ4v) is 1.15. The molecular weight excluding hydrogens is 198 g/mol. The fraction of sp³-hybridized carbons (Fsp3) is 0.222. The maximum atomic E-state index is 11.6. The topological polar surface area (TPSA) is 112 Å². The molecule has 0 fully saturated rings. The Balaban J connectivity index is 3.13. The number of hydrogen-bond donors (Lipinski definition) is 2. The van der Waals surface area contributed by atoms with Gasteiger partial charge in [0.1, 0.15) is 0 Å². The highest BCUT2D eigenvalue weighted by atomic mass is 16.6. The maximum Gasteiger partial charge on any atom is 0.280 e. The molecule has 0 amide bonds. The molecular formula is C9H11N3O3. The van der Waals surface area contributed by atoms with Crippen LogP contribution >= 0.6 is 0 Å². The smallest absolute Gasteiger partial charge is 0.280 e. The summed E-state index contributed by atoms with van der Waals surface area (Å²) in [5.41, 5.74) is 10.4. The molecule has 6 heteroatoms. The first kappa shape index (κ1) is 11.3. The van der Waals surface area contributed by atoms with Crippen molar-refractivity contribution in [2.24, 2.45) is 11.5 Å². The molecule has 0 spiro atoms. The average molecular weight is 209 g/mol. The molecule has 0 heterocycles. The molecule has 4 N–H and O–H groups in total. The summed E-state index contributed by atoms with van der Waals surface area (Å²) in [7, 11) is 0. The highest BCUT2D eigenvalue weighted by Gasteiger charge is 2.22. The number of ketones is 1. The third-order valence-corrected chi connectivity index (χ3v) is 1.96.